The van der Waals surface area contributed by atoms with Crippen LogP contribution in [0.3, 0.4) is 0 Å². The zero-order valence-corrected chi connectivity index (χ0v) is 13.7. The molecule has 1 aromatic rings. The number of amides is 1. The van der Waals surface area contributed by atoms with Crippen LogP contribution in [0.1, 0.15) is 11.4 Å². The van der Waals surface area contributed by atoms with Crippen LogP contribution in [-0.4, -0.2) is 62.5 Å². The third kappa shape index (κ3) is 5.64. The highest BCUT2D eigenvalue weighted by Crippen LogP contribution is 2.07. The van der Waals surface area contributed by atoms with Crippen LogP contribution in [-0.2, 0) is 21.4 Å². The molecule has 0 aromatic carbocycles. The maximum atomic E-state index is 11.7. The number of sulfonamides is 1. The molecular formula is C12H21N5O3S. The number of nitrogens with one attached hydrogen (secondary N) is 1. The van der Waals surface area contributed by atoms with Gasteiger partial charge in [-0.3, -0.25) is 4.79 Å². The molecule has 118 valence electrons. The van der Waals surface area contributed by atoms with E-state index in [4.69, 9.17) is 0 Å². The molecule has 0 aliphatic heterocycles. The van der Waals surface area contributed by atoms with Crippen molar-refractivity contribution in [1.82, 2.24) is 19.6 Å². The van der Waals surface area contributed by atoms with Crippen LogP contribution in [0.2, 0.25) is 0 Å². The number of carbonyl (C=O) groups is 1. The Morgan fingerprint density at radius 3 is 2.43 bits per heavy atom. The van der Waals surface area contributed by atoms with Crippen molar-refractivity contribution >= 4 is 21.9 Å². The topological polar surface area (TPSA) is 95.5 Å². The van der Waals surface area contributed by atoms with Crippen LogP contribution in [0.4, 0.5) is 5.95 Å². The fourth-order valence-electron chi connectivity index (χ4n) is 1.47. The molecular weight excluding hydrogens is 294 g/mol. The molecule has 0 bridgehead atoms. The maximum absolute atomic E-state index is 11.7. The zero-order valence-electron chi connectivity index (χ0n) is 12.9. The molecule has 0 aliphatic carbocycles. The molecule has 0 saturated heterocycles. The lowest BCUT2D eigenvalue weighted by Gasteiger charge is -2.15. The zero-order chi connectivity index (χ0) is 16.2. The number of rotatable bonds is 6. The fraction of sp³-hybridized carbons (Fsp3) is 0.583. The van der Waals surface area contributed by atoms with E-state index in [1.54, 1.807) is 11.0 Å². The highest BCUT2D eigenvalue weighted by Gasteiger charge is 2.15. The van der Waals surface area contributed by atoms with E-state index in [2.05, 4.69) is 15.3 Å². The van der Waals surface area contributed by atoms with Gasteiger partial charge in [0, 0.05) is 26.8 Å². The number of nitrogens with zero attached hydrogens (tertiary/aromatic N) is 4. The second-order valence-corrected chi connectivity index (χ2v) is 7.08. The van der Waals surface area contributed by atoms with Crippen molar-refractivity contribution in [3.8, 4) is 0 Å². The van der Waals surface area contributed by atoms with Gasteiger partial charge in [-0.1, -0.05) is 0 Å². The Bertz CT molecular complexity index is 615. The first kappa shape index (κ1) is 17.3. The number of hydrogen-bond donors (Lipinski definition) is 1. The van der Waals surface area contributed by atoms with Gasteiger partial charge in [-0.15, -0.1) is 0 Å². The minimum absolute atomic E-state index is 0.219. The van der Waals surface area contributed by atoms with E-state index in [9.17, 15) is 13.2 Å². The minimum Gasteiger partial charge on any atom is -0.349 e. The molecule has 0 aliphatic rings. The van der Waals surface area contributed by atoms with Crippen LogP contribution in [0.15, 0.2) is 6.07 Å². The van der Waals surface area contributed by atoms with Crippen molar-refractivity contribution < 1.29 is 13.2 Å². The standard InChI is InChI=1S/C12H21N5O3S/c1-9-6-10(15-12(14-9)16(2)3)7-13-11(18)8-17(4)21(5,19)20/h6H,7-8H2,1-5H3,(H,13,18). The first-order valence-electron chi connectivity index (χ1n) is 6.29. The summed E-state index contributed by atoms with van der Waals surface area (Å²) < 4.78 is 23.4. The summed E-state index contributed by atoms with van der Waals surface area (Å²) >= 11 is 0. The molecule has 8 nitrogen and oxygen atoms in total. The molecule has 1 heterocycles. The van der Waals surface area contributed by atoms with Crippen LogP contribution >= 0.6 is 0 Å². The van der Waals surface area contributed by atoms with E-state index >= 15 is 0 Å². The van der Waals surface area contributed by atoms with Gasteiger partial charge in [-0.05, 0) is 13.0 Å². The van der Waals surface area contributed by atoms with E-state index in [0.717, 1.165) is 16.3 Å². The van der Waals surface area contributed by atoms with Crippen molar-refractivity contribution in [3.05, 3.63) is 17.5 Å². The summed E-state index contributed by atoms with van der Waals surface area (Å²) in [6, 6.07) is 1.77. The molecule has 0 radical (unpaired) electrons. The monoisotopic (exact) mass is 315 g/mol. The van der Waals surface area contributed by atoms with Crippen LogP contribution in [0.25, 0.3) is 0 Å². The summed E-state index contributed by atoms with van der Waals surface area (Å²) in [6.07, 6.45) is 1.05. The molecule has 1 rings (SSSR count). The molecule has 9 heteroatoms. The lowest BCUT2D eigenvalue weighted by atomic mass is 10.3. The van der Waals surface area contributed by atoms with Gasteiger partial charge < -0.3 is 10.2 Å². The third-order valence-electron chi connectivity index (χ3n) is 2.69. The lowest BCUT2D eigenvalue weighted by molar-refractivity contribution is -0.121. The summed E-state index contributed by atoms with van der Waals surface area (Å²) in [5.41, 5.74) is 1.47. The molecule has 1 N–H and O–H groups in total. The Morgan fingerprint density at radius 1 is 1.29 bits per heavy atom. The van der Waals surface area contributed by atoms with Crippen molar-refractivity contribution in [2.24, 2.45) is 0 Å². The van der Waals surface area contributed by atoms with Crippen LogP contribution in [0, 0.1) is 6.92 Å². The van der Waals surface area contributed by atoms with Crippen molar-refractivity contribution in [3.63, 3.8) is 0 Å². The normalized spacial score (nSPS) is 11.5. The lowest BCUT2D eigenvalue weighted by Crippen LogP contribution is -2.37. The first-order chi connectivity index (χ1) is 9.59. The van der Waals surface area contributed by atoms with Crippen molar-refractivity contribution in [2.75, 3.05) is 38.8 Å². The molecule has 0 spiro atoms. The average Bonchev–Trinajstić information content (AvgIpc) is 2.34. The summed E-state index contributed by atoms with van der Waals surface area (Å²) in [6.45, 7) is 1.85. The Kier molecular flexibility index (Phi) is 5.62. The predicted molar refractivity (Wildman–Crippen MR) is 80.4 cm³/mol. The summed E-state index contributed by atoms with van der Waals surface area (Å²) in [5, 5.41) is 2.64. The average molecular weight is 315 g/mol. The number of likely N-dealkylation sites (N-methyl/N-ethyl adjacent to an activating group) is 1. The predicted octanol–water partition coefficient (Wildman–Crippen LogP) is -0.641. The van der Waals surface area contributed by atoms with Crippen LogP contribution < -0.4 is 10.2 Å². The Morgan fingerprint density at radius 2 is 1.90 bits per heavy atom. The molecule has 0 fully saturated rings. The number of aromatic nitrogens is 2. The quantitative estimate of drug-likeness (QED) is 0.750. The maximum Gasteiger partial charge on any atom is 0.235 e. The van der Waals surface area contributed by atoms with Gasteiger partial charge in [0.2, 0.25) is 21.9 Å². The van der Waals surface area contributed by atoms with E-state index in [1.165, 1.54) is 7.05 Å². The second-order valence-electron chi connectivity index (χ2n) is 4.99. The Balaban J connectivity index is 2.65. The van der Waals surface area contributed by atoms with Gasteiger partial charge in [0.25, 0.3) is 0 Å². The Hall–Kier alpha value is -1.74. The molecule has 1 aromatic heterocycles. The number of anilines is 1. The molecule has 1 amide bonds. The van der Waals surface area contributed by atoms with Gasteiger partial charge in [-0.2, -0.15) is 4.31 Å². The number of hydrogen-bond acceptors (Lipinski definition) is 6. The first-order valence-corrected chi connectivity index (χ1v) is 8.14. The van der Waals surface area contributed by atoms with E-state index in [1.807, 2.05) is 21.0 Å². The van der Waals surface area contributed by atoms with Gasteiger partial charge >= 0.3 is 0 Å². The highest BCUT2D eigenvalue weighted by atomic mass is 32.2. The largest absolute Gasteiger partial charge is 0.349 e. The van der Waals surface area contributed by atoms with Gasteiger partial charge in [0.05, 0.1) is 25.0 Å². The SMILES string of the molecule is Cc1cc(CNC(=O)CN(C)S(C)(=O)=O)nc(N(C)C)n1. The molecule has 21 heavy (non-hydrogen) atoms. The summed E-state index contributed by atoms with van der Waals surface area (Å²) in [7, 11) is 1.65. The van der Waals surface area contributed by atoms with E-state index in [0.29, 0.717) is 11.6 Å². The second kappa shape index (κ2) is 6.81. The number of aryl methyl sites for hydroxylation is 1. The third-order valence-corrected chi connectivity index (χ3v) is 3.96. The fourth-order valence-corrected chi connectivity index (χ4v) is 1.82. The highest BCUT2D eigenvalue weighted by molar-refractivity contribution is 7.88. The Labute approximate surface area is 125 Å². The smallest absolute Gasteiger partial charge is 0.235 e. The van der Waals surface area contributed by atoms with E-state index < -0.39 is 10.0 Å². The minimum atomic E-state index is -3.37. The molecule has 0 saturated carbocycles. The number of carbonyl (C=O) groups excluding carboxylic acids is 1. The van der Waals surface area contributed by atoms with Gasteiger partial charge in [0.15, 0.2) is 0 Å². The van der Waals surface area contributed by atoms with Gasteiger partial charge in [-0.25, -0.2) is 18.4 Å². The summed E-state index contributed by atoms with van der Waals surface area (Å²) in [5.74, 6) is 0.179. The van der Waals surface area contributed by atoms with Crippen molar-refractivity contribution in [2.45, 2.75) is 13.5 Å². The molecule has 0 atom stereocenters. The van der Waals surface area contributed by atoms with E-state index in [-0.39, 0.29) is 19.0 Å². The van der Waals surface area contributed by atoms with Crippen molar-refractivity contribution in [1.29, 1.82) is 0 Å². The van der Waals surface area contributed by atoms with Crippen LogP contribution in [0.5, 0.6) is 0 Å². The summed E-state index contributed by atoms with van der Waals surface area (Å²) in [4.78, 5) is 22.0. The molecule has 0 unspecified atom stereocenters. The van der Waals surface area contributed by atoms with Gasteiger partial charge in [0.1, 0.15) is 0 Å².